The van der Waals surface area contributed by atoms with Gasteiger partial charge in [-0.05, 0) is 71.3 Å². The highest BCUT2D eigenvalue weighted by Crippen LogP contribution is 2.39. The molecule has 2 aliphatic carbocycles. The number of nitrogens with zero attached hydrogens (tertiary/aromatic N) is 5. The van der Waals surface area contributed by atoms with Crippen molar-refractivity contribution in [1.29, 1.82) is 0 Å². The van der Waals surface area contributed by atoms with Crippen LogP contribution in [0.15, 0.2) is 35.4 Å². The summed E-state index contributed by atoms with van der Waals surface area (Å²) < 4.78 is 24.2. The van der Waals surface area contributed by atoms with Crippen molar-refractivity contribution in [2.24, 2.45) is 5.92 Å². The molecule has 6 nitrogen and oxygen atoms in total. The Kier molecular flexibility index (Phi) is 4.71. The molecule has 4 aromatic heterocycles. The molecule has 0 bridgehead atoms. The maximum absolute atomic E-state index is 14.4. The quantitative estimate of drug-likeness (QED) is 0.354. The molecule has 0 radical (unpaired) electrons. The fourth-order valence-corrected chi connectivity index (χ4v) is 5.32. The Balaban J connectivity index is 1.42. The van der Waals surface area contributed by atoms with Crippen LogP contribution in [0.25, 0.3) is 33.3 Å². The van der Waals surface area contributed by atoms with Crippen LogP contribution in [0.2, 0.25) is 0 Å². The molecule has 2 saturated carbocycles. The first-order valence-corrected chi connectivity index (χ1v) is 12.0. The number of alkyl halides is 1. The van der Waals surface area contributed by atoms with E-state index in [1.54, 1.807) is 6.92 Å². The van der Waals surface area contributed by atoms with Crippen LogP contribution in [0.5, 0.6) is 0 Å². The van der Waals surface area contributed by atoms with Crippen LogP contribution in [0, 0.1) is 19.8 Å². The molecule has 0 aromatic carbocycles. The number of aryl methyl sites for hydroxylation is 2. The van der Waals surface area contributed by atoms with Crippen molar-refractivity contribution in [1.82, 2.24) is 24.5 Å². The van der Waals surface area contributed by atoms with Gasteiger partial charge in [0.05, 0.1) is 29.0 Å². The van der Waals surface area contributed by atoms with Gasteiger partial charge >= 0.3 is 0 Å². The van der Waals surface area contributed by atoms with Crippen LogP contribution in [0.3, 0.4) is 0 Å². The molecular weight excluding hydrogens is 417 g/mol. The summed E-state index contributed by atoms with van der Waals surface area (Å²) in [4.78, 5) is 4.91. The van der Waals surface area contributed by atoms with Crippen LogP contribution >= 0.6 is 0 Å². The highest BCUT2D eigenvalue weighted by atomic mass is 19.1. The third-order valence-corrected chi connectivity index (χ3v) is 7.48. The zero-order valence-corrected chi connectivity index (χ0v) is 19.5. The lowest BCUT2D eigenvalue weighted by atomic mass is 9.81. The van der Waals surface area contributed by atoms with Crippen LogP contribution in [-0.4, -0.2) is 30.2 Å². The Morgan fingerprint density at radius 2 is 1.88 bits per heavy atom. The summed E-state index contributed by atoms with van der Waals surface area (Å²) in [7, 11) is 0. The van der Waals surface area contributed by atoms with Gasteiger partial charge in [0.2, 0.25) is 0 Å². The minimum atomic E-state index is -1.02. The lowest BCUT2D eigenvalue weighted by Crippen LogP contribution is -2.27. The fraction of sp³-hybridized carbons (Fsp3) is 0.500. The highest BCUT2D eigenvalue weighted by Gasteiger charge is 2.31. The number of hydrogen-bond acceptors (Lipinski definition) is 4. The number of rotatable bonds is 5. The zero-order chi connectivity index (χ0) is 22.7. The second-order valence-corrected chi connectivity index (χ2v) is 10.3. The molecule has 172 valence electrons. The first kappa shape index (κ1) is 20.6. The van der Waals surface area contributed by atoms with Gasteiger partial charge < -0.3 is 9.09 Å². The van der Waals surface area contributed by atoms with E-state index >= 15 is 0 Å². The first-order chi connectivity index (χ1) is 15.9. The molecule has 2 aliphatic rings. The molecule has 4 aromatic rings. The Morgan fingerprint density at radius 3 is 2.58 bits per heavy atom. The molecule has 4 heterocycles. The fourth-order valence-electron chi connectivity index (χ4n) is 5.32. The summed E-state index contributed by atoms with van der Waals surface area (Å²) in [5.41, 5.74) is 6.14. The van der Waals surface area contributed by atoms with Gasteiger partial charge in [0.25, 0.3) is 0 Å². The van der Waals surface area contributed by atoms with Gasteiger partial charge in [-0.25, -0.2) is 4.39 Å². The summed E-state index contributed by atoms with van der Waals surface area (Å²) in [5, 5.41) is 8.73. The lowest BCUT2D eigenvalue weighted by molar-refractivity contribution is 0.0985. The van der Waals surface area contributed by atoms with E-state index in [0.717, 1.165) is 64.1 Å². The number of aromatic nitrogens is 5. The second-order valence-electron chi connectivity index (χ2n) is 10.3. The number of fused-ring (bicyclic) bond motifs is 1. The molecule has 0 saturated heterocycles. The Labute approximate surface area is 192 Å². The van der Waals surface area contributed by atoms with Gasteiger partial charge in [-0.3, -0.25) is 9.67 Å². The van der Waals surface area contributed by atoms with E-state index in [1.807, 2.05) is 26.2 Å². The number of hydrogen-bond donors (Lipinski definition) is 0. The Bertz CT molecular complexity index is 1300. The third kappa shape index (κ3) is 3.77. The van der Waals surface area contributed by atoms with E-state index in [2.05, 4.69) is 38.0 Å². The highest BCUT2D eigenvalue weighted by molar-refractivity contribution is 5.94. The summed E-state index contributed by atoms with van der Waals surface area (Å²) in [5.74, 6) is 1.27. The maximum Gasteiger partial charge on any atom is 0.141 e. The predicted molar refractivity (Wildman–Crippen MR) is 126 cm³/mol. The van der Waals surface area contributed by atoms with Crippen molar-refractivity contribution >= 4 is 11.0 Å². The van der Waals surface area contributed by atoms with Crippen LogP contribution in [0.1, 0.15) is 62.9 Å². The minimum Gasteiger partial charge on any atom is -0.361 e. The smallest absolute Gasteiger partial charge is 0.141 e. The summed E-state index contributed by atoms with van der Waals surface area (Å²) in [6, 6.07) is 2.75. The molecule has 0 spiro atoms. The largest absolute Gasteiger partial charge is 0.361 e. The van der Waals surface area contributed by atoms with Crippen molar-refractivity contribution in [3.63, 3.8) is 0 Å². The van der Waals surface area contributed by atoms with E-state index in [0.29, 0.717) is 24.8 Å². The van der Waals surface area contributed by atoms with Gasteiger partial charge in [0.15, 0.2) is 0 Å². The summed E-state index contributed by atoms with van der Waals surface area (Å²) >= 11 is 0. The average Bonchev–Trinajstić information content (AvgIpc) is 3.27. The molecule has 2 fully saturated rings. The van der Waals surface area contributed by atoms with E-state index in [-0.39, 0.29) is 0 Å². The van der Waals surface area contributed by atoms with Crippen molar-refractivity contribution in [3.05, 3.63) is 42.3 Å². The van der Waals surface area contributed by atoms with Crippen molar-refractivity contribution in [2.45, 2.75) is 77.6 Å². The monoisotopic (exact) mass is 447 g/mol. The zero-order valence-electron chi connectivity index (χ0n) is 19.5. The van der Waals surface area contributed by atoms with Crippen LogP contribution < -0.4 is 0 Å². The first-order valence-electron chi connectivity index (χ1n) is 12.0. The lowest BCUT2D eigenvalue weighted by Gasteiger charge is -2.31. The molecule has 33 heavy (non-hydrogen) atoms. The molecule has 0 amide bonds. The molecule has 0 N–H and O–H groups in total. The van der Waals surface area contributed by atoms with Gasteiger partial charge in [-0.15, -0.1) is 0 Å². The van der Waals surface area contributed by atoms with Crippen LogP contribution in [-0.2, 0) is 6.54 Å². The number of pyridine rings is 1. The van der Waals surface area contributed by atoms with E-state index < -0.39 is 5.67 Å². The van der Waals surface area contributed by atoms with E-state index in [9.17, 15) is 4.39 Å². The second kappa shape index (κ2) is 7.54. The van der Waals surface area contributed by atoms with Gasteiger partial charge in [0, 0.05) is 47.4 Å². The predicted octanol–water partition coefficient (Wildman–Crippen LogP) is 6.42. The molecule has 6 rings (SSSR count). The van der Waals surface area contributed by atoms with Crippen molar-refractivity contribution in [2.75, 3.05) is 0 Å². The van der Waals surface area contributed by atoms with Gasteiger partial charge in [-0.1, -0.05) is 5.16 Å². The molecular formula is C26H30FN5O. The standard InChI is InChI=1S/C26H30FN5O/c1-16-24(17(2)33-30-16)19-10-23-25(28-11-19)22(20-12-29-32(14-20)21-4-5-21)15-31(23)13-18-6-8-26(3,27)9-7-18/h10-12,14-15,18,21H,4-9,13H2,1-3H3. The van der Waals surface area contributed by atoms with E-state index in [1.165, 1.54) is 12.8 Å². The average molecular weight is 448 g/mol. The molecule has 7 heteroatoms. The Morgan fingerprint density at radius 1 is 1.09 bits per heavy atom. The normalized spacial score (nSPS) is 23.5. The maximum atomic E-state index is 14.4. The van der Waals surface area contributed by atoms with Gasteiger partial charge in [0.1, 0.15) is 11.4 Å². The van der Waals surface area contributed by atoms with Gasteiger partial charge in [-0.2, -0.15) is 5.10 Å². The van der Waals surface area contributed by atoms with Crippen molar-refractivity contribution in [3.8, 4) is 22.3 Å². The Hall–Kier alpha value is -2.96. The molecule has 0 atom stereocenters. The topological polar surface area (TPSA) is 61.7 Å². The SMILES string of the molecule is Cc1noc(C)c1-c1cnc2c(-c3cnn(C4CC4)c3)cn(CC3CCC(C)(F)CC3)c2c1. The van der Waals surface area contributed by atoms with Crippen LogP contribution in [0.4, 0.5) is 4.39 Å². The summed E-state index contributed by atoms with van der Waals surface area (Å²) in [6.45, 7) is 6.51. The molecule has 0 unspecified atom stereocenters. The third-order valence-electron chi connectivity index (χ3n) is 7.48. The minimum absolute atomic E-state index is 0.467. The summed E-state index contributed by atoms with van der Waals surface area (Å²) in [6.07, 6.45) is 13.8. The molecule has 0 aliphatic heterocycles. The van der Waals surface area contributed by atoms with Crippen molar-refractivity contribution < 1.29 is 8.91 Å². The van der Waals surface area contributed by atoms with E-state index in [4.69, 9.17) is 9.51 Å². The number of halogens is 1.